The summed E-state index contributed by atoms with van der Waals surface area (Å²) >= 11 is 1.68. The van der Waals surface area contributed by atoms with Crippen molar-refractivity contribution in [3.63, 3.8) is 0 Å². The van der Waals surface area contributed by atoms with Gasteiger partial charge in [-0.05, 0) is 36.1 Å². The Morgan fingerprint density at radius 3 is 2.82 bits per heavy atom. The SMILES string of the molecule is CCOC(=O)c1cc2ccc(-c3cccs3)cc2nc1OC. The first-order valence-electron chi connectivity index (χ1n) is 6.92. The van der Waals surface area contributed by atoms with Crippen LogP contribution in [0.25, 0.3) is 21.3 Å². The molecule has 0 radical (unpaired) electrons. The molecule has 3 aromatic rings. The highest BCUT2D eigenvalue weighted by Gasteiger charge is 2.16. The fraction of sp³-hybridized carbons (Fsp3) is 0.176. The van der Waals surface area contributed by atoms with E-state index in [1.165, 1.54) is 12.0 Å². The second kappa shape index (κ2) is 6.15. The van der Waals surface area contributed by atoms with Crippen LogP contribution in [0, 0.1) is 0 Å². The molecule has 2 aromatic heterocycles. The van der Waals surface area contributed by atoms with Crippen LogP contribution in [0.2, 0.25) is 0 Å². The lowest BCUT2D eigenvalue weighted by Gasteiger charge is -2.09. The third-order valence-corrected chi connectivity index (χ3v) is 4.20. The van der Waals surface area contributed by atoms with Crippen LogP contribution in [0.4, 0.5) is 0 Å². The van der Waals surface area contributed by atoms with Crippen LogP contribution in [-0.2, 0) is 4.74 Å². The van der Waals surface area contributed by atoms with Gasteiger partial charge in [-0.25, -0.2) is 9.78 Å². The third-order valence-electron chi connectivity index (χ3n) is 3.28. The van der Waals surface area contributed by atoms with E-state index in [9.17, 15) is 4.79 Å². The maximum Gasteiger partial charge on any atom is 0.343 e. The monoisotopic (exact) mass is 313 g/mol. The molecule has 0 bridgehead atoms. The lowest BCUT2D eigenvalue weighted by Crippen LogP contribution is -2.08. The van der Waals surface area contributed by atoms with E-state index in [0.717, 1.165) is 16.5 Å². The number of fused-ring (bicyclic) bond motifs is 1. The van der Waals surface area contributed by atoms with Gasteiger partial charge in [0.05, 0.1) is 19.2 Å². The van der Waals surface area contributed by atoms with E-state index >= 15 is 0 Å². The van der Waals surface area contributed by atoms with Gasteiger partial charge in [-0.1, -0.05) is 18.2 Å². The predicted octanol–water partition coefficient (Wildman–Crippen LogP) is 4.15. The third kappa shape index (κ3) is 2.67. The average Bonchev–Trinajstić information content (AvgIpc) is 3.07. The van der Waals surface area contributed by atoms with Crippen LogP contribution < -0.4 is 4.74 Å². The Kier molecular flexibility index (Phi) is 4.06. The molecule has 0 aliphatic rings. The number of hydrogen-bond donors (Lipinski definition) is 0. The summed E-state index contributed by atoms with van der Waals surface area (Å²) in [6.45, 7) is 2.09. The minimum atomic E-state index is -0.420. The molecular weight excluding hydrogens is 298 g/mol. The van der Waals surface area contributed by atoms with Crippen LogP contribution in [0.5, 0.6) is 5.88 Å². The predicted molar refractivity (Wildman–Crippen MR) is 87.6 cm³/mol. The molecule has 112 valence electrons. The average molecular weight is 313 g/mol. The quantitative estimate of drug-likeness (QED) is 0.679. The van der Waals surface area contributed by atoms with Gasteiger partial charge in [0.25, 0.3) is 0 Å². The number of pyridine rings is 1. The van der Waals surface area contributed by atoms with E-state index in [0.29, 0.717) is 12.2 Å². The van der Waals surface area contributed by atoms with Crippen molar-refractivity contribution >= 4 is 28.2 Å². The Morgan fingerprint density at radius 2 is 2.14 bits per heavy atom. The first-order valence-corrected chi connectivity index (χ1v) is 7.80. The summed E-state index contributed by atoms with van der Waals surface area (Å²) < 4.78 is 10.3. The molecule has 0 N–H and O–H groups in total. The summed E-state index contributed by atoms with van der Waals surface area (Å²) in [4.78, 5) is 17.6. The van der Waals surface area contributed by atoms with Gasteiger partial charge in [0.1, 0.15) is 5.56 Å². The fourth-order valence-electron chi connectivity index (χ4n) is 2.26. The molecule has 0 atom stereocenters. The maximum absolute atomic E-state index is 12.0. The number of methoxy groups -OCH3 is 1. The normalized spacial score (nSPS) is 10.6. The van der Waals surface area contributed by atoms with Crippen molar-refractivity contribution in [2.45, 2.75) is 6.92 Å². The standard InChI is InChI=1S/C17H15NO3S/c1-3-21-17(19)13-9-11-6-7-12(15-5-4-8-22-15)10-14(11)18-16(13)20-2/h4-10H,3H2,1-2H3. The van der Waals surface area contributed by atoms with Crippen molar-refractivity contribution in [2.24, 2.45) is 0 Å². The van der Waals surface area contributed by atoms with Crippen LogP contribution >= 0.6 is 11.3 Å². The van der Waals surface area contributed by atoms with Gasteiger partial charge in [0.15, 0.2) is 0 Å². The number of aromatic nitrogens is 1. The summed E-state index contributed by atoms with van der Waals surface area (Å²) in [5.41, 5.74) is 2.23. The van der Waals surface area contributed by atoms with Gasteiger partial charge < -0.3 is 9.47 Å². The Labute approximate surface area is 132 Å². The number of thiophene rings is 1. The maximum atomic E-state index is 12.0. The Bertz CT molecular complexity index is 812. The molecule has 0 spiro atoms. The van der Waals surface area contributed by atoms with Crippen molar-refractivity contribution < 1.29 is 14.3 Å². The van der Waals surface area contributed by atoms with E-state index in [-0.39, 0.29) is 5.88 Å². The van der Waals surface area contributed by atoms with Gasteiger partial charge in [0, 0.05) is 10.3 Å². The molecule has 4 nitrogen and oxygen atoms in total. The minimum Gasteiger partial charge on any atom is -0.480 e. The lowest BCUT2D eigenvalue weighted by molar-refractivity contribution is 0.0522. The zero-order valence-electron chi connectivity index (χ0n) is 12.3. The molecule has 0 aliphatic carbocycles. The molecule has 5 heteroatoms. The summed E-state index contributed by atoms with van der Waals surface area (Å²) in [7, 11) is 1.50. The number of ether oxygens (including phenoxy) is 2. The van der Waals surface area contributed by atoms with Crippen molar-refractivity contribution in [3.05, 3.63) is 47.3 Å². The highest BCUT2D eigenvalue weighted by atomic mass is 32.1. The summed E-state index contributed by atoms with van der Waals surface area (Å²) in [6.07, 6.45) is 0. The first kappa shape index (κ1) is 14.5. The zero-order chi connectivity index (χ0) is 15.5. The van der Waals surface area contributed by atoms with E-state index in [2.05, 4.69) is 11.1 Å². The Hall–Kier alpha value is -2.40. The smallest absolute Gasteiger partial charge is 0.343 e. The summed E-state index contributed by atoms with van der Waals surface area (Å²) in [5.74, 6) is -0.134. The van der Waals surface area contributed by atoms with Gasteiger partial charge in [-0.15, -0.1) is 11.3 Å². The molecule has 3 rings (SSSR count). The second-order valence-corrected chi connectivity index (χ2v) is 5.60. The Balaban J connectivity index is 2.11. The van der Waals surface area contributed by atoms with Gasteiger partial charge in [-0.3, -0.25) is 0 Å². The minimum absolute atomic E-state index is 0.286. The van der Waals surface area contributed by atoms with Crippen LogP contribution in [0.3, 0.4) is 0 Å². The first-order chi connectivity index (χ1) is 10.7. The molecule has 0 amide bonds. The molecule has 0 fully saturated rings. The van der Waals surface area contributed by atoms with E-state index in [1.807, 2.05) is 29.6 Å². The van der Waals surface area contributed by atoms with Gasteiger partial charge in [-0.2, -0.15) is 0 Å². The van der Waals surface area contributed by atoms with E-state index in [1.54, 1.807) is 24.3 Å². The number of nitrogens with zero attached hydrogens (tertiary/aromatic N) is 1. The topological polar surface area (TPSA) is 48.4 Å². The van der Waals surface area contributed by atoms with Crippen LogP contribution in [-0.4, -0.2) is 24.7 Å². The lowest BCUT2D eigenvalue weighted by atomic mass is 10.1. The van der Waals surface area contributed by atoms with Crippen molar-refractivity contribution in [3.8, 4) is 16.3 Å². The van der Waals surface area contributed by atoms with Crippen molar-refractivity contribution in [1.29, 1.82) is 0 Å². The molecule has 0 saturated carbocycles. The fourth-order valence-corrected chi connectivity index (χ4v) is 2.98. The number of esters is 1. The van der Waals surface area contributed by atoms with E-state index in [4.69, 9.17) is 9.47 Å². The zero-order valence-corrected chi connectivity index (χ0v) is 13.1. The highest BCUT2D eigenvalue weighted by Crippen LogP contribution is 2.29. The molecule has 2 heterocycles. The van der Waals surface area contributed by atoms with Crippen molar-refractivity contribution in [1.82, 2.24) is 4.98 Å². The molecule has 0 unspecified atom stereocenters. The number of benzene rings is 1. The Morgan fingerprint density at radius 1 is 1.27 bits per heavy atom. The molecule has 1 aromatic carbocycles. The second-order valence-electron chi connectivity index (χ2n) is 4.65. The molecule has 0 aliphatic heterocycles. The molecule has 22 heavy (non-hydrogen) atoms. The summed E-state index contributed by atoms with van der Waals surface area (Å²) in [6, 6.07) is 11.8. The number of rotatable bonds is 4. The van der Waals surface area contributed by atoms with Crippen LogP contribution in [0.1, 0.15) is 17.3 Å². The van der Waals surface area contributed by atoms with Gasteiger partial charge in [0.2, 0.25) is 5.88 Å². The van der Waals surface area contributed by atoms with Crippen LogP contribution in [0.15, 0.2) is 41.8 Å². The largest absolute Gasteiger partial charge is 0.480 e. The number of carbonyl (C=O) groups is 1. The van der Waals surface area contributed by atoms with Gasteiger partial charge >= 0.3 is 5.97 Å². The molecular formula is C17H15NO3S. The number of hydrogen-bond acceptors (Lipinski definition) is 5. The molecule has 0 saturated heterocycles. The van der Waals surface area contributed by atoms with E-state index < -0.39 is 5.97 Å². The summed E-state index contributed by atoms with van der Waals surface area (Å²) in [5, 5.41) is 2.92. The number of carbonyl (C=O) groups excluding carboxylic acids is 1. The van der Waals surface area contributed by atoms with Crippen molar-refractivity contribution in [2.75, 3.05) is 13.7 Å². The highest BCUT2D eigenvalue weighted by molar-refractivity contribution is 7.13.